The number of ether oxygens (including phenoxy) is 1. The Morgan fingerprint density at radius 3 is 2.83 bits per heavy atom. The van der Waals surface area contributed by atoms with Gasteiger partial charge < -0.3 is 19.8 Å². The summed E-state index contributed by atoms with van der Waals surface area (Å²) in [6.45, 7) is 0.804. The molecule has 1 fully saturated rings. The third-order valence-electron chi connectivity index (χ3n) is 3.29. The van der Waals surface area contributed by atoms with Gasteiger partial charge in [0.25, 0.3) is 0 Å². The second-order valence-corrected chi connectivity index (χ2v) is 4.53. The van der Waals surface area contributed by atoms with E-state index in [4.69, 9.17) is 9.84 Å². The molecule has 5 heteroatoms. The van der Waals surface area contributed by atoms with Gasteiger partial charge in [-0.15, -0.1) is 0 Å². The Balaban J connectivity index is 2.26. The molecule has 1 atom stereocenters. The first-order valence-corrected chi connectivity index (χ1v) is 5.90. The summed E-state index contributed by atoms with van der Waals surface area (Å²) in [6.07, 6.45) is 0.925. The zero-order valence-corrected chi connectivity index (χ0v) is 10.3. The van der Waals surface area contributed by atoms with E-state index in [9.17, 15) is 9.90 Å². The van der Waals surface area contributed by atoms with E-state index < -0.39 is 11.6 Å². The lowest BCUT2D eigenvalue weighted by Crippen LogP contribution is -2.53. The fourth-order valence-electron chi connectivity index (χ4n) is 2.31. The van der Waals surface area contributed by atoms with Crippen LogP contribution in [0, 0.1) is 0 Å². The van der Waals surface area contributed by atoms with E-state index in [1.54, 1.807) is 7.11 Å². The number of β-amino-alcohol motifs (C(OH)–C–C–N with tert-alkyl or cyclic N) is 1. The molecule has 1 aliphatic rings. The first kappa shape index (κ1) is 12.7. The quantitative estimate of drug-likeness (QED) is 0.842. The van der Waals surface area contributed by atoms with Gasteiger partial charge in [0.15, 0.2) is 5.60 Å². The van der Waals surface area contributed by atoms with Crippen LogP contribution in [-0.2, 0) is 4.79 Å². The Morgan fingerprint density at radius 1 is 1.44 bits per heavy atom. The minimum absolute atomic E-state index is 0.0860. The van der Waals surface area contributed by atoms with E-state index in [0.717, 1.165) is 12.2 Å². The molecule has 0 spiro atoms. The molecule has 5 nitrogen and oxygen atoms in total. The van der Waals surface area contributed by atoms with Crippen LogP contribution in [-0.4, -0.2) is 42.0 Å². The van der Waals surface area contributed by atoms with Gasteiger partial charge in [0.05, 0.1) is 19.3 Å². The highest BCUT2D eigenvalue weighted by Crippen LogP contribution is 2.32. The molecule has 0 aliphatic carbocycles. The number of carboxylic acids is 1. The second-order valence-electron chi connectivity index (χ2n) is 4.53. The van der Waals surface area contributed by atoms with Crippen molar-refractivity contribution in [1.29, 1.82) is 0 Å². The molecule has 1 heterocycles. The molecule has 98 valence electrons. The lowest BCUT2D eigenvalue weighted by atomic mass is 9.92. The summed E-state index contributed by atoms with van der Waals surface area (Å²) in [5, 5.41) is 19.1. The van der Waals surface area contributed by atoms with Crippen LogP contribution in [0.15, 0.2) is 24.3 Å². The van der Waals surface area contributed by atoms with E-state index in [-0.39, 0.29) is 13.0 Å². The number of hydrogen-bond acceptors (Lipinski definition) is 4. The number of nitrogens with zero attached hydrogens (tertiary/aromatic N) is 1. The zero-order valence-electron chi connectivity index (χ0n) is 10.3. The van der Waals surface area contributed by atoms with Crippen molar-refractivity contribution in [2.75, 3.05) is 25.1 Å². The molecule has 1 unspecified atom stereocenters. The summed E-state index contributed by atoms with van der Waals surface area (Å²) in [4.78, 5) is 13.0. The third kappa shape index (κ3) is 2.26. The lowest BCUT2D eigenvalue weighted by molar-refractivity contribution is -0.159. The summed E-state index contributed by atoms with van der Waals surface area (Å²) in [6, 6.07) is 7.41. The highest BCUT2D eigenvalue weighted by Gasteiger charge is 2.40. The van der Waals surface area contributed by atoms with Crippen LogP contribution >= 0.6 is 0 Å². The summed E-state index contributed by atoms with van der Waals surface area (Å²) < 4.78 is 5.26. The monoisotopic (exact) mass is 251 g/mol. The highest BCUT2D eigenvalue weighted by molar-refractivity contribution is 5.78. The van der Waals surface area contributed by atoms with Crippen LogP contribution in [0.25, 0.3) is 0 Å². The second kappa shape index (κ2) is 4.86. The smallest absolute Gasteiger partial charge is 0.337 e. The lowest BCUT2D eigenvalue weighted by Gasteiger charge is -2.38. The molecule has 0 bridgehead atoms. The molecule has 0 radical (unpaired) electrons. The number of aliphatic hydroxyl groups is 1. The van der Waals surface area contributed by atoms with Crippen LogP contribution in [0.2, 0.25) is 0 Å². The average Bonchev–Trinajstić information content (AvgIpc) is 2.38. The molecule has 0 saturated carbocycles. The van der Waals surface area contributed by atoms with E-state index in [1.807, 2.05) is 29.2 Å². The predicted molar refractivity (Wildman–Crippen MR) is 67.0 cm³/mol. The predicted octanol–water partition coefficient (Wildman–Crippen LogP) is 1.11. The van der Waals surface area contributed by atoms with Crippen LogP contribution in [0.1, 0.15) is 12.8 Å². The molecule has 18 heavy (non-hydrogen) atoms. The maximum atomic E-state index is 11.1. The Bertz CT molecular complexity index is 448. The minimum Gasteiger partial charge on any atom is -0.495 e. The van der Waals surface area contributed by atoms with Crippen LogP contribution in [0.4, 0.5) is 5.69 Å². The van der Waals surface area contributed by atoms with Crippen molar-refractivity contribution in [2.24, 2.45) is 0 Å². The van der Waals surface area contributed by atoms with Crippen LogP contribution < -0.4 is 9.64 Å². The van der Waals surface area contributed by atoms with Crippen molar-refractivity contribution < 1.29 is 19.7 Å². The molecule has 1 saturated heterocycles. The number of piperidine rings is 1. The normalized spacial score (nSPS) is 23.8. The number of anilines is 1. The van der Waals surface area contributed by atoms with Crippen molar-refractivity contribution in [3.63, 3.8) is 0 Å². The van der Waals surface area contributed by atoms with Crippen molar-refractivity contribution >= 4 is 11.7 Å². The van der Waals surface area contributed by atoms with Gasteiger partial charge in [0.1, 0.15) is 5.75 Å². The first-order chi connectivity index (χ1) is 8.57. The number of carboxylic acid groups (broad SMARTS) is 1. The molecule has 0 aromatic heterocycles. The average molecular weight is 251 g/mol. The van der Waals surface area contributed by atoms with Gasteiger partial charge in [-0.05, 0) is 25.0 Å². The minimum atomic E-state index is -1.67. The van der Waals surface area contributed by atoms with Crippen molar-refractivity contribution in [2.45, 2.75) is 18.4 Å². The highest BCUT2D eigenvalue weighted by atomic mass is 16.5. The maximum Gasteiger partial charge on any atom is 0.337 e. The van der Waals surface area contributed by atoms with Crippen molar-refractivity contribution in [3.8, 4) is 5.75 Å². The number of methoxy groups -OCH3 is 1. The summed E-state index contributed by atoms with van der Waals surface area (Å²) in [5.74, 6) is -0.478. The van der Waals surface area contributed by atoms with Gasteiger partial charge in [-0.1, -0.05) is 12.1 Å². The van der Waals surface area contributed by atoms with Gasteiger partial charge in [0, 0.05) is 6.54 Å². The standard InChI is InChI=1S/C13H17NO4/c1-18-11-6-3-2-5-10(11)14-8-4-7-13(17,9-14)12(15)16/h2-3,5-6,17H,4,7-9H2,1H3,(H,15,16). The number of para-hydroxylation sites is 2. The fraction of sp³-hybridized carbons (Fsp3) is 0.462. The molecule has 2 N–H and O–H groups in total. The molecule has 1 aromatic carbocycles. The SMILES string of the molecule is COc1ccccc1N1CCCC(O)(C(=O)O)C1. The van der Waals surface area contributed by atoms with Gasteiger partial charge in [-0.3, -0.25) is 0 Å². The summed E-state index contributed by atoms with van der Waals surface area (Å²) in [7, 11) is 1.58. The summed E-state index contributed by atoms with van der Waals surface area (Å²) in [5.41, 5.74) is -0.849. The Kier molecular flexibility index (Phi) is 3.43. The molecular formula is C13H17NO4. The topological polar surface area (TPSA) is 70.0 Å². The van der Waals surface area contributed by atoms with E-state index in [2.05, 4.69) is 0 Å². The van der Waals surface area contributed by atoms with Gasteiger partial charge >= 0.3 is 5.97 Å². The Morgan fingerprint density at radius 2 is 2.17 bits per heavy atom. The number of carbonyl (C=O) groups is 1. The zero-order chi connectivity index (χ0) is 13.2. The van der Waals surface area contributed by atoms with Crippen molar-refractivity contribution in [3.05, 3.63) is 24.3 Å². The first-order valence-electron chi connectivity index (χ1n) is 5.90. The van der Waals surface area contributed by atoms with Gasteiger partial charge in [0.2, 0.25) is 0 Å². The molecular weight excluding hydrogens is 234 g/mol. The van der Waals surface area contributed by atoms with Gasteiger partial charge in [-0.2, -0.15) is 0 Å². The fourth-order valence-corrected chi connectivity index (χ4v) is 2.31. The molecule has 1 aromatic rings. The number of rotatable bonds is 3. The van der Waals surface area contributed by atoms with Crippen LogP contribution in [0.3, 0.4) is 0 Å². The van der Waals surface area contributed by atoms with Crippen LogP contribution in [0.5, 0.6) is 5.75 Å². The largest absolute Gasteiger partial charge is 0.495 e. The maximum absolute atomic E-state index is 11.1. The molecule has 1 aliphatic heterocycles. The van der Waals surface area contributed by atoms with Gasteiger partial charge in [-0.25, -0.2) is 4.79 Å². The molecule has 0 amide bonds. The van der Waals surface area contributed by atoms with E-state index in [1.165, 1.54) is 0 Å². The van der Waals surface area contributed by atoms with Crippen molar-refractivity contribution in [1.82, 2.24) is 0 Å². The van der Waals surface area contributed by atoms with E-state index >= 15 is 0 Å². The number of hydrogen-bond donors (Lipinski definition) is 2. The summed E-state index contributed by atoms with van der Waals surface area (Å²) >= 11 is 0. The number of aliphatic carboxylic acids is 1. The molecule has 2 rings (SSSR count). The Hall–Kier alpha value is -1.75. The third-order valence-corrected chi connectivity index (χ3v) is 3.29. The number of benzene rings is 1. The Labute approximate surface area is 106 Å². The van der Waals surface area contributed by atoms with E-state index in [0.29, 0.717) is 12.2 Å².